The summed E-state index contributed by atoms with van der Waals surface area (Å²) in [5.41, 5.74) is 2.18. The summed E-state index contributed by atoms with van der Waals surface area (Å²) < 4.78 is 6.95. The number of nitrogens with zero attached hydrogens (tertiary/aromatic N) is 2. The number of carbonyl (C=O) groups is 1. The normalized spacial score (nSPS) is 16.2. The molecule has 1 aliphatic heterocycles. The van der Waals surface area contributed by atoms with Crippen molar-refractivity contribution >= 4 is 52.7 Å². The van der Waals surface area contributed by atoms with Gasteiger partial charge in [0.15, 0.2) is 4.80 Å². The van der Waals surface area contributed by atoms with Gasteiger partial charge >= 0.3 is 5.97 Å². The molecule has 8 heteroatoms. The molecule has 3 aromatic rings. The Kier molecular flexibility index (Phi) is 6.46. The third-order valence-electron chi connectivity index (χ3n) is 4.99. The first kappa shape index (κ1) is 22.3. The Hall–Kier alpha value is -2.93. The molecule has 2 aromatic carbocycles. The Morgan fingerprint density at radius 3 is 2.62 bits per heavy atom. The fourth-order valence-corrected chi connectivity index (χ4v) is 4.95. The van der Waals surface area contributed by atoms with E-state index in [1.165, 1.54) is 23.0 Å². The first-order valence-corrected chi connectivity index (χ1v) is 11.3. The second-order valence-electron chi connectivity index (χ2n) is 7.05. The molecule has 2 heterocycles. The van der Waals surface area contributed by atoms with Crippen molar-refractivity contribution < 1.29 is 9.53 Å². The van der Waals surface area contributed by atoms with E-state index in [1.807, 2.05) is 42.5 Å². The summed E-state index contributed by atoms with van der Waals surface area (Å²) in [7, 11) is 1.31. The van der Waals surface area contributed by atoms with Crippen LogP contribution in [0.1, 0.15) is 24.1 Å². The summed E-state index contributed by atoms with van der Waals surface area (Å²) in [6.07, 6.45) is 5.40. The van der Waals surface area contributed by atoms with E-state index >= 15 is 0 Å². The SMILES string of the molecule is COC(=O)C1=C(C)N=c2s/c(=C\c3ccc(Cl)cc3Cl)c(=O)n2C1/C=C/c1ccccc1. The first-order chi connectivity index (χ1) is 15.4. The molecular formula is C24H18Cl2N2O3S. The monoisotopic (exact) mass is 484 g/mol. The van der Waals surface area contributed by atoms with E-state index in [4.69, 9.17) is 27.9 Å². The highest BCUT2D eigenvalue weighted by atomic mass is 35.5. The predicted octanol–water partition coefficient (Wildman–Crippen LogP) is 4.38. The van der Waals surface area contributed by atoms with E-state index in [9.17, 15) is 9.59 Å². The highest BCUT2D eigenvalue weighted by Crippen LogP contribution is 2.26. The Morgan fingerprint density at radius 2 is 1.94 bits per heavy atom. The lowest BCUT2D eigenvalue weighted by atomic mass is 10.0. The summed E-state index contributed by atoms with van der Waals surface area (Å²) in [5, 5.41) is 0.952. The fraction of sp³-hybridized carbons (Fsp3) is 0.125. The summed E-state index contributed by atoms with van der Waals surface area (Å²) in [6.45, 7) is 1.74. The van der Waals surface area contributed by atoms with Gasteiger partial charge in [-0.25, -0.2) is 9.79 Å². The van der Waals surface area contributed by atoms with Crippen molar-refractivity contribution in [3.05, 3.63) is 107 Å². The number of thiazole rings is 1. The number of halogens is 2. The number of aromatic nitrogens is 1. The van der Waals surface area contributed by atoms with Crippen LogP contribution in [0.2, 0.25) is 10.0 Å². The second-order valence-corrected chi connectivity index (χ2v) is 8.90. The van der Waals surface area contributed by atoms with Gasteiger partial charge in [-0.15, -0.1) is 0 Å². The van der Waals surface area contributed by atoms with Gasteiger partial charge in [-0.05, 0) is 36.3 Å². The van der Waals surface area contributed by atoms with Gasteiger partial charge in [-0.1, -0.05) is 83.1 Å². The van der Waals surface area contributed by atoms with Crippen molar-refractivity contribution in [2.24, 2.45) is 4.99 Å². The molecule has 1 aliphatic rings. The molecule has 0 spiro atoms. The Labute approximate surface area is 198 Å². The number of hydrogen-bond donors (Lipinski definition) is 0. The topological polar surface area (TPSA) is 60.7 Å². The summed E-state index contributed by atoms with van der Waals surface area (Å²) in [4.78, 5) is 31.0. The van der Waals surface area contributed by atoms with Crippen LogP contribution < -0.4 is 14.9 Å². The van der Waals surface area contributed by atoms with Crippen LogP contribution in [0.3, 0.4) is 0 Å². The van der Waals surface area contributed by atoms with Gasteiger partial charge in [0.2, 0.25) is 0 Å². The van der Waals surface area contributed by atoms with Crippen LogP contribution >= 0.6 is 34.5 Å². The third kappa shape index (κ3) is 4.35. The largest absolute Gasteiger partial charge is 0.466 e. The van der Waals surface area contributed by atoms with Crippen LogP contribution in [0, 0.1) is 0 Å². The fourth-order valence-electron chi connectivity index (χ4n) is 3.44. The van der Waals surface area contributed by atoms with E-state index in [0.29, 0.717) is 36.2 Å². The van der Waals surface area contributed by atoms with Crippen LogP contribution in [-0.4, -0.2) is 17.6 Å². The number of fused-ring (bicyclic) bond motifs is 1. The van der Waals surface area contributed by atoms with Crippen LogP contribution in [0.25, 0.3) is 12.2 Å². The van der Waals surface area contributed by atoms with Gasteiger partial charge in [-0.3, -0.25) is 9.36 Å². The molecule has 162 valence electrons. The van der Waals surface area contributed by atoms with E-state index in [0.717, 1.165) is 5.56 Å². The van der Waals surface area contributed by atoms with E-state index < -0.39 is 12.0 Å². The lowest BCUT2D eigenvalue weighted by molar-refractivity contribution is -0.136. The van der Waals surface area contributed by atoms with Crippen LogP contribution in [0.5, 0.6) is 0 Å². The van der Waals surface area contributed by atoms with Gasteiger partial charge in [-0.2, -0.15) is 0 Å². The van der Waals surface area contributed by atoms with Gasteiger partial charge < -0.3 is 4.74 Å². The smallest absolute Gasteiger partial charge is 0.338 e. The molecule has 32 heavy (non-hydrogen) atoms. The minimum atomic E-state index is -0.651. The second kappa shape index (κ2) is 9.28. The van der Waals surface area contributed by atoms with Crippen LogP contribution in [-0.2, 0) is 9.53 Å². The molecule has 0 aliphatic carbocycles. The number of carbonyl (C=O) groups excluding carboxylic acids is 1. The zero-order chi connectivity index (χ0) is 22.8. The quantitative estimate of drug-likeness (QED) is 0.516. The van der Waals surface area contributed by atoms with Crippen LogP contribution in [0.4, 0.5) is 0 Å². The zero-order valence-electron chi connectivity index (χ0n) is 17.2. The summed E-state index contributed by atoms with van der Waals surface area (Å²) >= 11 is 13.5. The van der Waals surface area contributed by atoms with Crippen molar-refractivity contribution in [1.29, 1.82) is 0 Å². The number of allylic oxidation sites excluding steroid dienone is 2. The van der Waals surface area contributed by atoms with Gasteiger partial charge in [0, 0.05) is 10.0 Å². The average Bonchev–Trinajstić information content (AvgIpc) is 3.08. The molecule has 1 aromatic heterocycles. The highest BCUT2D eigenvalue weighted by molar-refractivity contribution is 7.07. The first-order valence-electron chi connectivity index (χ1n) is 9.68. The third-order valence-corrected chi connectivity index (χ3v) is 6.53. The molecule has 5 nitrogen and oxygen atoms in total. The molecule has 1 unspecified atom stereocenters. The molecule has 0 bridgehead atoms. The molecule has 0 saturated heterocycles. The number of hydrogen-bond acceptors (Lipinski definition) is 5. The van der Waals surface area contributed by atoms with Crippen molar-refractivity contribution in [2.45, 2.75) is 13.0 Å². The highest BCUT2D eigenvalue weighted by Gasteiger charge is 2.30. The number of ether oxygens (including phenoxy) is 1. The molecule has 0 saturated carbocycles. The summed E-state index contributed by atoms with van der Waals surface area (Å²) in [5.74, 6) is -0.524. The van der Waals surface area contributed by atoms with Crippen molar-refractivity contribution in [3.8, 4) is 0 Å². The molecule has 0 fully saturated rings. The molecule has 1 atom stereocenters. The van der Waals surface area contributed by atoms with E-state index in [-0.39, 0.29) is 5.56 Å². The average molecular weight is 485 g/mol. The number of benzene rings is 2. The number of rotatable bonds is 4. The maximum Gasteiger partial charge on any atom is 0.338 e. The Bertz CT molecular complexity index is 1440. The van der Waals surface area contributed by atoms with Crippen molar-refractivity contribution in [3.63, 3.8) is 0 Å². The standard InChI is InChI=1S/C24H18Cl2N2O3S/c1-14-21(23(30)31-2)19(11-8-15-6-4-3-5-7-15)28-22(29)20(32-24(28)27-14)12-16-9-10-17(25)13-18(16)26/h3-13,19H,1-2H3/b11-8+,20-12-. The molecule has 0 radical (unpaired) electrons. The zero-order valence-corrected chi connectivity index (χ0v) is 19.5. The van der Waals surface area contributed by atoms with Gasteiger partial charge in [0.05, 0.1) is 29.0 Å². The van der Waals surface area contributed by atoms with Crippen molar-refractivity contribution in [1.82, 2.24) is 4.57 Å². The van der Waals surface area contributed by atoms with Gasteiger partial charge in [0.25, 0.3) is 5.56 Å². The minimum Gasteiger partial charge on any atom is -0.466 e. The summed E-state index contributed by atoms with van der Waals surface area (Å²) in [6, 6.07) is 14.1. The van der Waals surface area contributed by atoms with Crippen molar-refractivity contribution in [2.75, 3.05) is 7.11 Å². The number of esters is 1. The molecule has 0 amide bonds. The molecular weight excluding hydrogens is 467 g/mol. The molecule has 4 rings (SSSR count). The maximum absolute atomic E-state index is 13.4. The maximum atomic E-state index is 13.4. The van der Waals surface area contributed by atoms with Crippen LogP contribution in [0.15, 0.2) is 75.7 Å². The van der Waals surface area contributed by atoms with E-state index in [1.54, 1.807) is 31.2 Å². The van der Waals surface area contributed by atoms with Gasteiger partial charge in [0.1, 0.15) is 0 Å². The lowest BCUT2D eigenvalue weighted by Crippen LogP contribution is -2.38. The Morgan fingerprint density at radius 1 is 1.19 bits per heavy atom. The van der Waals surface area contributed by atoms with E-state index in [2.05, 4.69) is 4.99 Å². The lowest BCUT2D eigenvalue weighted by Gasteiger charge is -2.21. The number of methoxy groups -OCH3 is 1. The molecule has 0 N–H and O–H groups in total. The Balaban J connectivity index is 1.90. The minimum absolute atomic E-state index is 0.267. The predicted molar refractivity (Wildman–Crippen MR) is 129 cm³/mol.